The van der Waals surface area contributed by atoms with E-state index in [-0.39, 0.29) is 36.0 Å². The first-order valence-electron chi connectivity index (χ1n) is 14.2. The van der Waals surface area contributed by atoms with Crippen molar-refractivity contribution in [1.82, 2.24) is 20.9 Å². The highest BCUT2D eigenvalue weighted by atomic mass is 16.5. The number of rotatable bonds is 10. The van der Waals surface area contributed by atoms with Crippen molar-refractivity contribution in [2.24, 2.45) is 11.8 Å². The number of hydrogen-bond donors (Lipinski definition) is 3. The Morgan fingerprint density at radius 3 is 2.29 bits per heavy atom. The number of hydrogen-bond acceptors (Lipinski definition) is 7. The molecule has 224 valence electrons. The number of nitrogens with one attached hydrogen (secondary N) is 3. The second-order valence-corrected chi connectivity index (χ2v) is 11.5. The van der Waals surface area contributed by atoms with Gasteiger partial charge in [0.25, 0.3) is 5.91 Å². The van der Waals surface area contributed by atoms with Gasteiger partial charge in [-0.1, -0.05) is 45.9 Å². The van der Waals surface area contributed by atoms with Crippen LogP contribution in [0.1, 0.15) is 70.9 Å². The second-order valence-electron chi connectivity index (χ2n) is 11.5. The summed E-state index contributed by atoms with van der Waals surface area (Å²) in [5.74, 6) is -1.57. The first-order chi connectivity index (χ1) is 19.4. The molecule has 0 spiro atoms. The van der Waals surface area contributed by atoms with Crippen LogP contribution in [0, 0.1) is 11.8 Å². The number of furan rings is 1. The molecule has 1 aliphatic heterocycles. The molecule has 0 aliphatic carbocycles. The number of amides is 4. The van der Waals surface area contributed by atoms with Crippen molar-refractivity contribution >= 4 is 40.6 Å². The van der Waals surface area contributed by atoms with Crippen LogP contribution in [0.3, 0.4) is 0 Å². The molecule has 2 heterocycles. The van der Waals surface area contributed by atoms with E-state index in [1.807, 2.05) is 46.8 Å². The lowest BCUT2D eigenvalue weighted by Gasteiger charge is -2.29. The van der Waals surface area contributed by atoms with Crippen LogP contribution in [0.5, 0.6) is 0 Å². The highest BCUT2D eigenvalue weighted by molar-refractivity contribution is 6.00. The van der Waals surface area contributed by atoms with E-state index in [2.05, 4.69) is 16.0 Å². The Hall–Kier alpha value is -3.89. The van der Waals surface area contributed by atoms with Crippen molar-refractivity contribution in [1.29, 1.82) is 0 Å². The fourth-order valence-corrected chi connectivity index (χ4v) is 4.94. The maximum absolute atomic E-state index is 13.3. The van der Waals surface area contributed by atoms with Gasteiger partial charge in [-0.15, -0.1) is 0 Å². The predicted octanol–water partition coefficient (Wildman–Crippen LogP) is 3.41. The standard InChI is InChI=1S/C30H42N4O7/c1-17(2)13-22(32-28(37)26-15-20-9-7-8-10-25(20)41-26)27(36)31-21-12-11-19(5)34(16-24(21)35)30(39)33-23(14-18(3)4)29(38)40-6/h7-10,15,17-19,21-23H,11-14,16H2,1-6H3,(H,31,36)(H,32,37)(H,33,39)/t19-,21?,22+,23-/m1/s1. The van der Waals surface area contributed by atoms with Crippen molar-refractivity contribution in [3.63, 3.8) is 0 Å². The van der Waals surface area contributed by atoms with E-state index in [0.29, 0.717) is 31.3 Å². The third-order valence-electron chi connectivity index (χ3n) is 7.17. The zero-order chi connectivity index (χ0) is 30.3. The molecular formula is C30H42N4O7. The van der Waals surface area contributed by atoms with E-state index in [9.17, 15) is 24.0 Å². The highest BCUT2D eigenvalue weighted by Gasteiger charge is 2.35. The number of ketones is 1. The number of fused-ring (bicyclic) bond motifs is 1. The molecule has 1 aromatic heterocycles. The smallest absolute Gasteiger partial charge is 0.328 e. The van der Waals surface area contributed by atoms with E-state index in [4.69, 9.17) is 9.15 Å². The summed E-state index contributed by atoms with van der Waals surface area (Å²) in [4.78, 5) is 66.2. The van der Waals surface area contributed by atoms with Gasteiger partial charge < -0.3 is 30.0 Å². The van der Waals surface area contributed by atoms with Gasteiger partial charge in [0, 0.05) is 11.4 Å². The third-order valence-corrected chi connectivity index (χ3v) is 7.17. The summed E-state index contributed by atoms with van der Waals surface area (Å²) in [6.07, 6.45) is 1.53. The maximum atomic E-state index is 13.3. The van der Waals surface area contributed by atoms with Crippen molar-refractivity contribution in [2.75, 3.05) is 13.7 Å². The van der Waals surface area contributed by atoms with Crippen LogP contribution < -0.4 is 16.0 Å². The molecule has 11 heteroatoms. The summed E-state index contributed by atoms with van der Waals surface area (Å²) in [6, 6.07) is 5.46. The number of carbonyl (C=O) groups is 5. The molecule has 1 fully saturated rings. The zero-order valence-electron chi connectivity index (χ0n) is 24.7. The van der Waals surface area contributed by atoms with Gasteiger partial charge in [-0.05, 0) is 56.6 Å². The Bertz CT molecular complexity index is 1220. The van der Waals surface area contributed by atoms with Gasteiger partial charge in [0.15, 0.2) is 11.5 Å². The number of para-hydroxylation sites is 1. The maximum Gasteiger partial charge on any atom is 0.328 e. The van der Waals surface area contributed by atoms with Gasteiger partial charge in [0.05, 0.1) is 19.7 Å². The average molecular weight is 571 g/mol. The molecule has 3 rings (SSSR count). The van der Waals surface area contributed by atoms with Crippen LogP contribution in [-0.4, -0.2) is 72.3 Å². The van der Waals surface area contributed by atoms with Gasteiger partial charge in [-0.25, -0.2) is 9.59 Å². The number of urea groups is 1. The van der Waals surface area contributed by atoms with Crippen LogP contribution in [0.4, 0.5) is 4.79 Å². The lowest BCUT2D eigenvalue weighted by Crippen LogP contribution is -2.54. The molecule has 0 radical (unpaired) electrons. The molecule has 3 N–H and O–H groups in total. The Labute approximate surface area is 240 Å². The summed E-state index contributed by atoms with van der Waals surface area (Å²) in [5, 5.41) is 9.05. The minimum Gasteiger partial charge on any atom is -0.467 e. The quantitative estimate of drug-likeness (QED) is 0.371. The molecule has 41 heavy (non-hydrogen) atoms. The molecule has 4 amide bonds. The van der Waals surface area contributed by atoms with Crippen molar-refractivity contribution < 1.29 is 33.1 Å². The monoisotopic (exact) mass is 570 g/mol. The Morgan fingerprint density at radius 1 is 1.00 bits per heavy atom. The van der Waals surface area contributed by atoms with Crippen LogP contribution >= 0.6 is 0 Å². The fraction of sp³-hybridized carbons (Fsp3) is 0.567. The first kappa shape index (κ1) is 31.6. The van der Waals surface area contributed by atoms with E-state index in [0.717, 1.165) is 5.39 Å². The molecular weight excluding hydrogens is 528 g/mol. The summed E-state index contributed by atoms with van der Waals surface area (Å²) in [5.41, 5.74) is 0.566. The van der Waals surface area contributed by atoms with E-state index < -0.39 is 41.9 Å². The number of nitrogens with zero attached hydrogens (tertiary/aromatic N) is 1. The van der Waals surface area contributed by atoms with E-state index >= 15 is 0 Å². The molecule has 11 nitrogen and oxygen atoms in total. The number of benzene rings is 1. The summed E-state index contributed by atoms with van der Waals surface area (Å²) in [6.45, 7) is 9.32. The number of ether oxygens (including phenoxy) is 1. The SMILES string of the molecule is COC(=O)[C@@H](CC(C)C)NC(=O)N1CC(=O)C(NC(=O)[C@H](CC(C)C)NC(=O)c2cc3ccccc3o2)CC[C@H]1C. The minimum absolute atomic E-state index is 0.0827. The van der Waals surface area contributed by atoms with Crippen LogP contribution in [-0.2, 0) is 19.1 Å². The van der Waals surface area contributed by atoms with Gasteiger partial charge in [0.1, 0.15) is 17.7 Å². The van der Waals surface area contributed by atoms with Crippen molar-refractivity contribution in [3.8, 4) is 0 Å². The Balaban J connectivity index is 1.67. The Kier molecular flexibility index (Phi) is 10.9. The number of methoxy groups -OCH3 is 1. The van der Waals surface area contributed by atoms with Crippen LogP contribution in [0.25, 0.3) is 11.0 Å². The molecule has 1 aromatic carbocycles. The molecule has 0 saturated carbocycles. The number of likely N-dealkylation sites (tertiary alicyclic amines) is 1. The largest absolute Gasteiger partial charge is 0.467 e. The van der Waals surface area contributed by atoms with Crippen molar-refractivity contribution in [3.05, 3.63) is 36.1 Å². The van der Waals surface area contributed by atoms with Gasteiger partial charge >= 0.3 is 12.0 Å². The first-order valence-corrected chi connectivity index (χ1v) is 14.2. The molecule has 2 aromatic rings. The fourth-order valence-electron chi connectivity index (χ4n) is 4.94. The molecule has 1 saturated heterocycles. The molecule has 0 bridgehead atoms. The van der Waals surface area contributed by atoms with Gasteiger partial charge in [0.2, 0.25) is 5.91 Å². The predicted molar refractivity (Wildman–Crippen MR) is 153 cm³/mol. The van der Waals surface area contributed by atoms with Crippen LogP contribution in [0.15, 0.2) is 34.7 Å². The number of esters is 1. The van der Waals surface area contributed by atoms with Gasteiger partial charge in [-0.2, -0.15) is 0 Å². The number of Topliss-reactive ketones (excluding diaryl/α,β-unsaturated/α-hetero) is 1. The average Bonchev–Trinajstić information content (AvgIpc) is 3.30. The zero-order valence-corrected chi connectivity index (χ0v) is 24.7. The van der Waals surface area contributed by atoms with Crippen LogP contribution in [0.2, 0.25) is 0 Å². The number of carbonyl (C=O) groups excluding carboxylic acids is 5. The normalized spacial score (nSPS) is 19.0. The second kappa shape index (κ2) is 14.1. The lowest BCUT2D eigenvalue weighted by atomic mass is 10.0. The lowest BCUT2D eigenvalue weighted by molar-refractivity contribution is -0.143. The van der Waals surface area contributed by atoms with E-state index in [1.165, 1.54) is 12.0 Å². The van der Waals surface area contributed by atoms with Gasteiger partial charge in [-0.3, -0.25) is 14.4 Å². The van der Waals surface area contributed by atoms with Crippen molar-refractivity contribution in [2.45, 2.75) is 84.5 Å². The summed E-state index contributed by atoms with van der Waals surface area (Å²) in [7, 11) is 1.26. The highest BCUT2D eigenvalue weighted by Crippen LogP contribution is 2.20. The summed E-state index contributed by atoms with van der Waals surface area (Å²) >= 11 is 0. The summed E-state index contributed by atoms with van der Waals surface area (Å²) < 4.78 is 10.5. The Morgan fingerprint density at radius 2 is 1.66 bits per heavy atom. The third kappa shape index (κ3) is 8.55. The van der Waals surface area contributed by atoms with E-state index in [1.54, 1.807) is 18.2 Å². The molecule has 4 atom stereocenters. The topological polar surface area (TPSA) is 147 Å². The minimum atomic E-state index is -0.888. The molecule has 1 aliphatic rings. The molecule has 1 unspecified atom stereocenters.